The molecule has 1 heterocycles. The Morgan fingerprint density at radius 1 is 1.60 bits per heavy atom. The predicted octanol–water partition coefficient (Wildman–Crippen LogP) is 0.835. The first kappa shape index (κ1) is 6.74. The van der Waals surface area contributed by atoms with E-state index in [0.29, 0.717) is 5.82 Å². The molecular formula is C7H11N3. The zero-order valence-corrected chi connectivity index (χ0v) is 5.89. The molecule has 5 N–H and O–H groups in total. The number of nitrogens with two attached hydrogens (primary N) is 2. The molecule has 0 amide bonds. The van der Waals surface area contributed by atoms with Gasteiger partial charge in [-0.3, -0.25) is 0 Å². The van der Waals surface area contributed by atoms with Gasteiger partial charge in [-0.25, -0.2) is 0 Å². The third kappa shape index (κ3) is 1.13. The maximum absolute atomic E-state index is 5.57. The van der Waals surface area contributed by atoms with Crippen LogP contribution in [0.15, 0.2) is 12.3 Å². The van der Waals surface area contributed by atoms with Crippen molar-refractivity contribution in [2.75, 3.05) is 5.73 Å². The van der Waals surface area contributed by atoms with Crippen molar-refractivity contribution >= 4 is 11.9 Å². The normalized spacial score (nSPS) is 10.9. The lowest BCUT2D eigenvalue weighted by Gasteiger charge is -1.86. The molecule has 3 nitrogen and oxygen atoms in total. The molecule has 1 rings (SSSR count). The molecule has 0 saturated carbocycles. The quantitative estimate of drug-likeness (QED) is 0.536. The van der Waals surface area contributed by atoms with E-state index in [0.717, 1.165) is 11.3 Å². The van der Waals surface area contributed by atoms with Gasteiger partial charge >= 0.3 is 0 Å². The number of hydrogen-bond donors (Lipinski definition) is 3. The second-order valence-electron chi connectivity index (χ2n) is 2.18. The minimum Gasteiger partial charge on any atom is -0.405 e. The van der Waals surface area contributed by atoms with Gasteiger partial charge in [0.05, 0.1) is 0 Å². The lowest BCUT2D eigenvalue weighted by molar-refractivity contribution is 1.27. The molecule has 0 aliphatic carbocycles. The molecule has 10 heavy (non-hydrogen) atoms. The summed E-state index contributed by atoms with van der Waals surface area (Å²) in [5.41, 5.74) is 12.7. The topological polar surface area (TPSA) is 67.8 Å². The summed E-state index contributed by atoms with van der Waals surface area (Å²) in [7, 11) is 0. The molecule has 3 heteroatoms. The summed E-state index contributed by atoms with van der Waals surface area (Å²) in [6, 6.07) is 1.94. The van der Waals surface area contributed by atoms with Crippen LogP contribution in [-0.2, 0) is 0 Å². The molecule has 0 unspecified atom stereocenters. The summed E-state index contributed by atoms with van der Waals surface area (Å²) in [5.74, 6) is 0.666. The van der Waals surface area contributed by atoms with Crippen LogP contribution in [0.2, 0.25) is 0 Å². The fourth-order valence-corrected chi connectivity index (χ4v) is 0.873. The number of rotatable bonds is 1. The summed E-state index contributed by atoms with van der Waals surface area (Å²) in [5, 5.41) is 0. The molecular weight excluding hydrogens is 126 g/mol. The van der Waals surface area contributed by atoms with E-state index in [1.54, 1.807) is 6.08 Å². The number of aryl methyl sites for hydroxylation is 1. The maximum Gasteiger partial charge on any atom is 0.108 e. The Kier molecular flexibility index (Phi) is 1.67. The van der Waals surface area contributed by atoms with E-state index in [1.807, 2.05) is 13.0 Å². The highest BCUT2D eigenvalue weighted by Gasteiger charge is 1.96. The Balaban J connectivity index is 3.03. The molecule has 1 aromatic heterocycles. The lowest BCUT2D eigenvalue weighted by Crippen LogP contribution is -1.86. The molecule has 0 radical (unpaired) electrons. The largest absolute Gasteiger partial charge is 0.405 e. The monoisotopic (exact) mass is 137 g/mol. The Bertz CT molecular complexity index is 247. The van der Waals surface area contributed by atoms with Gasteiger partial charge in [0.1, 0.15) is 5.82 Å². The fourth-order valence-electron chi connectivity index (χ4n) is 0.873. The molecule has 0 spiro atoms. The summed E-state index contributed by atoms with van der Waals surface area (Å²) in [4.78, 5) is 2.96. The highest BCUT2D eigenvalue weighted by molar-refractivity contribution is 5.62. The van der Waals surface area contributed by atoms with Gasteiger partial charge in [0.2, 0.25) is 0 Å². The first-order valence-corrected chi connectivity index (χ1v) is 3.07. The van der Waals surface area contributed by atoms with Gasteiger partial charge in [-0.05, 0) is 25.3 Å². The van der Waals surface area contributed by atoms with E-state index in [-0.39, 0.29) is 0 Å². The van der Waals surface area contributed by atoms with Gasteiger partial charge in [0.25, 0.3) is 0 Å². The first-order valence-electron chi connectivity index (χ1n) is 3.07. The highest BCUT2D eigenvalue weighted by atomic mass is 14.8. The van der Waals surface area contributed by atoms with Gasteiger partial charge < -0.3 is 16.5 Å². The lowest BCUT2D eigenvalue weighted by atomic mass is 10.3. The predicted molar refractivity (Wildman–Crippen MR) is 43.2 cm³/mol. The van der Waals surface area contributed by atoms with E-state index in [2.05, 4.69) is 4.98 Å². The van der Waals surface area contributed by atoms with E-state index in [4.69, 9.17) is 11.5 Å². The number of anilines is 1. The van der Waals surface area contributed by atoms with Crippen molar-refractivity contribution in [2.45, 2.75) is 6.92 Å². The third-order valence-electron chi connectivity index (χ3n) is 1.29. The van der Waals surface area contributed by atoms with Gasteiger partial charge in [-0.2, -0.15) is 0 Å². The average molecular weight is 137 g/mol. The van der Waals surface area contributed by atoms with E-state index in [9.17, 15) is 0 Å². The van der Waals surface area contributed by atoms with Crippen LogP contribution in [-0.4, -0.2) is 4.98 Å². The summed E-state index contributed by atoms with van der Waals surface area (Å²) >= 11 is 0. The minimum absolute atomic E-state index is 0.666. The van der Waals surface area contributed by atoms with Crippen molar-refractivity contribution < 1.29 is 0 Å². The van der Waals surface area contributed by atoms with Gasteiger partial charge in [-0.1, -0.05) is 0 Å². The molecule has 0 aliphatic heterocycles. The average Bonchev–Trinajstić information content (AvgIpc) is 2.13. The molecule has 0 saturated heterocycles. The Labute approximate surface area is 59.7 Å². The Morgan fingerprint density at radius 3 is 2.70 bits per heavy atom. The highest BCUT2D eigenvalue weighted by Crippen LogP contribution is 2.12. The first-order chi connectivity index (χ1) is 4.74. The van der Waals surface area contributed by atoms with E-state index in [1.165, 1.54) is 6.20 Å². The zero-order valence-electron chi connectivity index (χ0n) is 5.89. The number of nitrogen functional groups attached to an aromatic ring is 1. The molecule has 1 aromatic rings. The van der Waals surface area contributed by atoms with Gasteiger partial charge in [0.15, 0.2) is 0 Å². The molecule has 0 aromatic carbocycles. The summed E-state index contributed by atoms with van der Waals surface area (Å²) in [6.45, 7) is 1.95. The number of hydrogen-bond acceptors (Lipinski definition) is 2. The van der Waals surface area contributed by atoms with Crippen molar-refractivity contribution in [1.29, 1.82) is 0 Å². The Hall–Kier alpha value is -1.38. The third-order valence-corrected chi connectivity index (χ3v) is 1.29. The van der Waals surface area contributed by atoms with Crippen LogP contribution in [0.4, 0.5) is 5.82 Å². The fraction of sp³-hybridized carbons (Fsp3) is 0.143. The Morgan fingerprint density at radius 2 is 2.30 bits per heavy atom. The standard InChI is InChI=1S/C7H11N3/c1-5-4-6(2-3-8)7(9)10-5/h2-4,10H,8-9H2,1H3/b3-2-. The molecule has 0 aliphatic rings. The molecule has 0 fully saturated rings. The molecule has 0 atom stereocenters. The summed E-state index contributed by atoms with van der Waals surface area (Å²) < 4.78 is 0. The van der Waals surface area contributed by atoms with Crippen molar-refractivity contribution in [1.82, 2.24) is 4.98 Å². The van der Waals surface area contributed by atoms with Crippen LogP contribution in [0.1, 0.15) is 11.3 Å². The van der Waals surface area contributed by atoms with Crippen LogP contribution in [0.5, 0.6) is 0 Å². The van der Waals surface area contributed by atoms with Gasteiger partial charge in [0, 0.05) is 11.3 Å². The second-order valence-corrected chi connectivity index (χ2v) is 2.18. The van der Waals surface area contributed by atoms with Crippen molar-refractivity contribution in [2.24, 2.45) is 5.73 Å². The van der Waals surface area contributed by atoms with Crippen molar-refractivity contribution in [3.63, 3.8) is 0 Å². The number of aromatic amines is 1. The van der Waals surface area contributed by atoms with Crippen LogP contribution in [0.25, 0.3) is 6.08 Å². The minimum atomic E-state index is 0.666. The molecule has 54 valence electrons. The van der Waals surface area contributed by atoms with Crippen LogP contribution in [0.3, 0.4) is 0 Å². The van der Waals surface area contributed by atoms with Crippen LogP contribution < -0.4 is 11.5 Å². The number of nitrogens with one attached hydrogen (secondary N) is 1. The van der Waals surface area contributed by atoms with Gasteiger partial charge in [-0.15, -0.1) is 0 Å². The molecule has 0 bridgehead atoms. The van der Waals surface area contributed by atoms with Crippen molar-refractivity contribution in [3.05, 3.63) is 23.5 Å². The number of H-pyrrole nitrogens is 1. The summed E-state index contributed by atoms with van der Waals surface area (Å²) in [6.07, 6.45) is 3.23. The SMILES string of the molecule is Cc1cc(/C=C\N)c(N)[nH]1. The number of aromatic nitrogens is 1. The van der Waals surface area contributed by atoms with Crippen LogP contribution >= 0.6 is 0 Å². The van der Waals surface area contributed by atoms with E-state index < -0.39 is 0 Å². The second kappa shape index (κ2) is 2.47. The zero-order chi connectivity index (χ0) is 7.56. The van der Waals surface area contributed by atoms with Crippen LogP contribution in [0, 0.1) is 6.92 Å². The smallest absolute Gasteiger partial charge is 0.108 e. The maximum atomic E-state index is 5.57. The van der Waals surface area contributed by atoms with Crippen molar-refractivity contribution in [3.8, 4) is 0 Å². The van der Waals surface area contributed by atoms with E-state index >= 15 is 0 Å².